The lowest BCUT2D eigenvalue weighted by Gasteiger charge is -2.11. The van der Waals surface area contributed by atoms with E-state index in [2.05, 4.69) is 10.4 Å². The fourth-order valence-electron chi connectivity index (χ4n) is 2.98. The van der Waals surface area contributed by atoms with Gasteiger partial charge in [0.25, 0.3) is 5.91 Å². The second-order valence-electron chi connectivity index (χ2n) is 6.48. The number of aromatic carboxylic acids is 1. The lowest BCUT2D eigenvalue weighted by Crippen LogP contribution is -2.24. The van der Waals surface area contributed by atoms with Crippen LogP contribution in [0.1, 0.15) is 43.2 Å². The van der Waals surface area contributed by atoms with Crippen LogP contribution in [-0.2, 0) is 0 Å². The SMILES string of the molecule is Cc1c(N=Cc2cc(C)n(NC(=O)c3ccccc3)c2C)cccc1C(=O)O. The van der Waals surface area contributed by atoms with Crippen molar-refractivity contribution in [2.45, 2.75) is 20.8 Å². The van der Waals surface area contributed by atoms with Crippen LogP contribution in [0.25, 0.3) is 0 Å². The van der Waals surface area contributed by atoms with Gasteiger partial charge in [-0.25, -0.2) is 4.79 Å². The second-order valence-corrected chi connectivity index (χ2v) is 6.48. The highest BCUT2D eigenvalue weighted by molar-refractivity contribution is 6.00. The van der Waals surface area contributed by atoms with Crippen molar-refractivity contribution in [1.29, 1.82) is 0 Å². The van der Waals surface area contributed by atoms with Crippen LogP contribution in [-0.4, -0.2) is 27.9 Å². The minimum atomic E-state index is -0.976. The largest absolute Gasteiger partial charge is 0.478 e. The van der Waals surface area contributed by atoms with Crippen molar-refractivity contribution in [1.82, 2.24) is 4.68 Å². The molecule has 0 bridgehead atoms. The summed E-state index contributed by atoms with van der Waals surface area (Å²) < 4.78 is 1.72. The highest BCUT2D eigenvalue weighted by atomic mass is 16.4. The zero-order chi connectivity index (χ0) is 20.3. The Hall–Kier alpha value is -3.67. The average Bonchev–Trinajstić information content (AvgIpc) is 2.95. The number of nitrogens with one attached hydrogen (secondary N) is 1. The smallest absolute Gasteiger partial charge is 0.336 e. The van der Waals surface area contributed by atoms with E-state index in [0.29, 0.717) is 16.8 Å². The van der Waals surface area contributed by atoms with E-state index < -0.39 is 5.97 Å². The van der Waals surface area contributed by atoms with Crippen molar-refractivity contribution < 1.29 is 14.7 Å². The number of carbonyl (C=O) groups excluding carboxylic acids is 1. The van der Waals surface area contributed by atoms with E-state index in [1.165, 1.54) is 0 Å². The Labute approximate surface area is 163 Å². The Kier molecular flexibility index (Phi) is 5.40. The van der Waals surface area contributed by atoms with Gasteiger partial charge < -0.3 is 5.11 Å². The summed E-state index contributed by atoms with van der Waals surface area (Å²) in [7, 11) is 0. The molecule has 0 saturated heterocycles. The second kappa shape index (κ2) is 7.92. The number of rotatable bonds is 5. The highest BCUT2D eigenvalue weighted by Crippen LogP contribution is 2.22. The Morgan fingerprint density at radius 2 is 1.75 bits per heavy atom. The van der Waals surface area contributed by atoms with Gasteiger partial charge in [0.05, 0.1) is 11.3 Å². The van der Waals surface area contributed by atoms with Gasteiger partial charge in [0.15, 0.2) is 0 Å². The number of hydrogen-bond acceptors (Lipinski definition) is 3. The van der Waals surface area contributed by atoms with Crippen molar-refractivity contribution in [3.05, 3.63) is 88.2 Å². The van der Waals surface area contributed by atoms with E-state index in [0.717, 1.165) is 17.0 Å². The molecular formula is C22H21N3O3. The molecule has 1 aromatic heterocycles. The van der Waals surface area contributed by atoms with Crippen LogP contribution < -0.4 is 5.43 Å². The number of carbonyl (C=O) groups is 2. The van der Waals surface area contributed by atoms with Gasteiger partial charge in [-0.1, -0.05) is 24.3 Å². The molecule has 6 heteroatoms. The van der Waals surface area contributed by atoms with Gasteiger partial charge in [0, 0.05) is 28.7 Å². The van der Waals surface area contributed by atoms with Gasteiger partial charge in [0.1, 0.15) is 0 Å². The zero-order valence-corrected chi connectivity index (χ0v) is 15.9. The predicted octanol–water partition coefficient (Wildman–Crippen LogP) is 4.25. The molecular weight excluding hydrogens is 354 g/mol. The van der Waals surface area contributed by atoms with Crippen LogP contribution in [0.15, 0.2) is 59.6 Å². The molecule has 3 rings (SSSR count). The summed E-state index contributed by atoms with van der Waals surface area (Å²) in [4.78, 5) is 28.2. The lowest BCUT2D eigenvalue weighted by atomic mass is 10.1. The minimum absolute atomic E-state index is 0.198. The molecule has 0 unspecified atom stereocenters. The molecule has 0 aliphatic carbocycles. The Morgan fingerprint density at radius 3 is 2.43 bits per heavy atom. The molecule has 0 aliphatic rings. The van der Waals surface area contributed by atoms with Crippen LogP contribution >= 0.6 is 0 Å². The van der Waals surface area contributed by atoms with Crippen LogP contribution in [0.2, 0.25) is 0 Å². The Morgan fingerprint density at radius 1 is 1.04 bits per heavy atom. The first kappa shape index (κ1) is 19.1. The topological polar surface area (TPSA) is 83.7 Å². The Bertz CT molecular complexity index is 1070. The summed E-state index contributed by atoms with van der Waals surface area (Å²) in [5.74, 6) is -1.17. The first-order chi connectivity index (χ1) is 13.4. The maximum Gasteiger partial charge on any atom is 0.336 e. The zero-order valence-electron chi connectivity index (χ0n) is 15.9. The monoisotopic (exact) mass is 375 g/mol. The summed E-state index contributed by atoms with van der Waals surface area (Å²) in [6.45, 7) is 5.52. The number of aromatic nitrogens is 1. The maximum absolute atomic E-state index is 12.4. The fourth-order valence-corrected chi connectivity index (χ4v) is 2.98. The van der Waals surface area contributed by atoms with E-state index in [9.17, 15) is 14.7 Å². The number of aryl methyl sites for hydroxylation is 1. The van der Waals surface area contributed by atoms with Crippen LogP contribution in [0.4, 0.5) is 5.69 Å². The number of carboxylic acids is 1. The standard InChI is InChI=1S/C22H21N3O3/c1-14-12-18(13-23-20-11-7-10-19(15(20)2)22(27)28)16(3)25(14)24-21(26)17-8-5-4-6-9-17/h4-13H,1-3H3,(H,24,26)(H,27,28). The predicted molar refractivity (Wildman–Crippen MR) is 109 cm³/mol. The summed E-state index contributed by atoms with van der Waals surface area (Å²) in [6.07, 6.45) is 1.68. The van der Waals surface area contributed by atoms with E-state index >= 15 is 0 Å². The van der Waals surface area contributed by atoms with Crippen molar-refractivity contribution >= 4 is 23.8 Å². The van der Waals surface area contributed by atoms with Gasteiger partial charge in [-0.2, -0.15) is 0 Å². The number of amides is 1. The van der Waals surface area contributed by atoms with Crippen LogP contribution in [0, 0.1) is 20.8 Å². The van der Waals surface area contributed by atoms with Crippen molar-refractivity contribution in [2.24, 2.45) is 4.99 Å². The van der Waals surface area contributed by atoms with Crippen LogP contribution in [0.3, 0.4) is 0 Å². The summed E-state index contributed by atoms with van der Waals surface area (Å²) >= 11 is 0. The molecule has 1 heterocycles. The third kappa shape index (κ3) is 3.86. The van der Waals surface area contributed by atoms with Gasteiger partial charge in [0.2, 0.25) is 0 Å². The van der Waals surface area contributed by atoms with E-state index in [1.54, 1.807) is 48.1 Å². The van der Waals surface area contributed by atoms with E-state index in [-0.39, 0.29) is 11.5 Å². The molecule has 0 radical (unpaired) electrons. The average molecular weight is 375 g/mol. The molecule has 3 aromatic rings. The molecule has 0 saturated carbocycles. The van der Waals surface area contributed by atoms with Gasteiger partial charge in [-0.15, -0.1) is 0 Å². The maximum atomic E-state index is 12.4. The first-order valence-electron chi connectivity index (χ1n) is 8.81. The number of aliphatic imine (C=N–C) groups is 1. The fraction of sp³-hybridized carbons (Fsp3) is 0.136. The Balaban J connectivity index is 1.86. The molecule has 6 nitrogen and oxygen atoms in total. The molecule has 28 heavy (non-hydrogen) atoms. The third-order valence-electron chi connectivity index (χ3n) is 4.60. The van der Waals surface area contributed by atoms with Gasteiger partial charge in [-0.05, 0) is 56.7 Å². The number of nitrogens with zero attached hydrogens (tertiary/aromatic N) is 2. The van der Waals surface area contributed by atoms with E-state index in [4.69, 9.17) is 0 Å². The summed E-state index contributed by atoms with van der Waals surface area (Å²) in [6, 6.07) is 15.9. The van der Waals surface area contributed by atoms with Crippen molar-refractivity contribution in [3.63, 3.8) is 0 Å². The number of benzene rings is 2. The number of hydrogen-bond donors (Lipinski definition) is 2. The van der Waals surface area contributed by atoms with Crippen molar-refractivity contribution in [2.75, 3.05) is 5.43 Å². The normalized spacial score (nSPS) is 11.0. The third-order valence-corrected chi connectivity index (χ3v) is 4.60. The molecule has 142 valence electrons. The molecule has 0 spiro atoms. The lowest BCUT2D eigenvalue weighted by molar-refractivity contribution is 0.0696. The van der Waals surface area contributed by atoms with E-state index in [1.807, 2.05) is 38.1 Å². The minimum Gasteiger partial charge on any atom is -0.478 e. The van der Waals surface area contributed by atoms with Crippen molar-refractivity contribution in [3.8, 4) is 0 Å². The van der Waals surface area contributed by atoms with Gasteiger partial charge in [-0.3, -0.25) is 19.9 Å². The molecule has 0 fully saturated rings. The van der Waals surface area contributed by atoms with Gasteiger partial charge >= 0.3 is 5.97 Å². The number of carboxylic acid groups (broad SMARTS) is 1. The first-order valence-corrected chi connectivity index (χ1v) is 8.81. The summed E-state index contributed by atoms with van der Waals surface area (Å²) in [5.41, 5.74) is 7.43. The molecule has 2 N–H and O–H groups in total. The molecule has 1 amide bonds. The molecule has 2 aromatic carbocycles. The quantitative estimate of drug-likeness (QED) is 0.654. The highest BCUT2D eigenvalue weighted by Gasteiger charge is 2.12. The molecule has 0 aliphatic heterocycles. The van der Waals surface area contributed by atoms with Crippen LogP contribution in [0.5, 0.6) is 0 Å². The molecule has 0 atom stereocenters. The summed E-state index contributed by atoms with van der Waals surface area (Å²) in [5, 5.41) is 9.24.